The van der Waals surface area contributed by atoms with Crippen LogP contribution >= 0.6 is 34.5 Å². The maximum atomic E-state index is 12.3. The Morgan fingerprint density at radius 2 is 1.90 bits per heavy atom. The maximum Gasteiger partial charge on any atom is 0.264 e. The minimum Gasteiger partial charge on any atom is -0.483 e. The number of amides is 1. The normalized spacial score (nSPS) is 11.0. The number of hydrogen-bond donors (Lipinski definition) is 1. The maximum absolute atomic E-state index is 12.3. The molecule has 3 rings (SSSR count). The molecule has 29 heavy (non-hydrogen) atoms. The van der Waals surface area contributed by atoms with Gasteiger partial charge in [-0.3, -0.25) is 10.1 Å². The lowest BCUT2D eigenvalue weighted by molar-refractivity contribution is -0.118. The highest BCUT2D eigenvalue weighted by Gasteiger charge is 2.12. The highest BCUT2D eigenvalue weighted by Crippen LogP contribution is 2.28. The molecule has 1 aromatic heterocycles. The second-order valence-electron chi connectivity index (χ2n) is 7.12. The van der Waals surface area contributed by atoms with Crippen LogP contribution in [0.5, 0.6) is 5.75 Å². The summed E-state index contributed by atoms with van der Waals surface area (Å²) in [4.78, 5) is 17.6. The zero-order chi connectivity index (χ0) is 21.0. The Bertz CT molecular complexity index is 998. The monoisotopic (exact) mass is 448 g/mol. The summed E-state index contributed by atoms with van der Waals surface area (Å²) in [5.74, 6) is 0.816. The van der Waals surface area contributed by atoms with E-state index in [0.717, 1.165) is 27.3 Å². The average Bonchev–Trinajstić information content (AvgIpc) is 3.05. The summed E-state index contributed by atoms with van der Waals surface area (Å²) in [6.07, 6.45) is 2.39. The van der Waals surface area contributed by atoms with Crippen molar-refractivity contribution in [1.82, 2.24) is 4.98 Å². The quantitative estimate of drug-likeness (QED) is 0.449. The zero-order valence-corrected chi connectivity index (χ0v) is 18.8. The van der Waals surface area contributed by atoms with Gasteiger partial charge in [0.1, 0.15) is 5.75 Å². The molecular weight excluding hydrogens is 427 g/mol. The average molecular weight is 449 g/mol. The van der Waals surface area contributed by atoms with Gasteiger partial charge in [-0.15, -0.1) is 11.3 Å². The van der Waals surface area contributed by atoms with E-state index in [9.17, 15) is 4.79 Å². The van der Waals surface area contributed by atoms with E-state index in [2.05, 4.69) is 24.1 Å². The fourth-order valence-electron chi connectivity index (χ4n) is 2.90. The Kier molecular flexibility index (Phi) is 7.17. The first-order valence-electron chi connectivity index (χ1n) is 9.23. The predicted molar refractivity (Wildman–Crippen MR) is 121 cm³/mol. The van der Waals surface area contributed by atoms with Crippen molar-refractivity contribution in [3.05, 3.63) is 74.2 Å². The number of nitrogens with zero attached hydrogens (tertiary/aromatic N) is 1. The van der Waals surface area contributed by atoms with Gasteiger partial charge >= 0.3 is 0 Å². The van der Waals surface area contributed by atoms with Crippen LogP contribution in [-0.2, 0) is 11.2 Å². The smallest absolute Gasteiger partial charge is 0.264 e. The fourth-order valence-corrected chi connectivity index (χ4v) is 4.34. The second kappa shape index (κ2) is 9.61. The van der Waals surface area contributed by atoms with Crippen LogP contribution < -0.4 is 10.1 Å². The van der Waals surface area contributed by atoms with Crippen molar-refractivity contribution in [2.24, 2.45) is 0 Å². The molecule has 0 atom stereocenters. The van der Waals surface area contributed by atoms with Gasteiger partial charge in [0, 0.05) is 27.5 Å². The van der Waals surface area contributed by atoms with Crippen molar-refractivity contribution >= 4 is 45.6 Å². The summed E-state index contributed by atoms with van der Waals surface area (Å²) in [6.45, 7) is 6.13. The fraction of sp³-hybridized carbons (Fsp3) is 0.273. The summed E-state index contributed by atoms with van der Waals surface area (Å²) in [5, 5.41) is 4.53. The number of nitrogens with one attached hydrogen (secondary N) is 1. The molecule has 2 aromatic carbocycles. The number of rotatable bonds is 7. The van der Waals surface area contributed by atoms with Crippen LogP contribution in [0.25, 0.3) is 0 Å². The molecule has 152 valence electrons. The van der Waals surface area contributed by atoms with E-state index in [0.29, 0.717) is 27.5 Å². The highest BCUT2D eigenvalue weighted by molar-refractivity contribution is 7.15. The Morgan fingerprint density at radius 3 is 2.59 bits per heavy atom. The van der Waals surface area contributed by atoms with E-state index in [1.807, 2.05) is 37.3 Å². The molecule has 1 heterocycles. The van der Waals surface area contributed by atoms with Gasteiger partial charge in [0.05, 0.1) is 0 Å². The number of halogens is 2. The number of anilines is 1. The van der Waals surface area contributed by atoms with E-state index in [1.165, 1.54) is 11.3 Å². The lowest BCUT2D eigenvalue weighted by Gasteiger charge is -2.14. The van der Waals surface area contributed by atoms with Gasteiger partial charge in [0.15, 0.2) is 11.7 Å². The van der Waals surface area contributed by atoms with Crippen LogP contribution in [0.2, 0.25) is 10.0 Å². The van der Waals surface area contributed by atoms with Crippen LogP contribution in [0.15, 0.2) is 42.6 Å². The van der Waals surface area contributed by atoms with Gasteiger partial charge in [-0.05, 0) is 53.8 Å². The van der Waals surface area contributed by atoms with Crippen molar-refractivity contribution < 1.29 is 9.53 Å². The first-order valence-corrected chi connectivity index (χ1v) is 10.8. The van der Waals surface area contributed by atoms with Gasteiger partial charge < -0.3 is 4.74 Å². The van der Waals surface area contributed by atoms with Gasteiger partial charge in [0.25, 0.3) is 5.91 Å². The van der Waals surface area contributed by atoms with E-state index in [-0.39, 0.29) is 12.5 Å². The number of aryl methyl sites for hydroxylation is 1. The van der Waals surface area contributed by atoms with Crippen LogP contribution in [0.4, 0.5) is 5.13 Å². The van der Waals surface area contributed by atoms with Crippen LogP contribution in [0, 0.1) is 6.92 Å². The number of carbonyl (C=O) groups is 1. The molecule has 1 amide bonds. The van der Waals surface area contributed by atoms with Gasteiger partial charge in [-0.2, -0.15) is 0 Å². The minimum absolute atomic E-state index is 0.0675. The van der Waals surface area contributed by atoms with Crippen LogP contribution in [0.3, 0.4) is 0 Å². The van der Waals surface area contributed by atoms with Gasteiger partial charge in [-0.1, -0.05) is 49.2 Å². The topological polar surface area (TPSA) is 51.2 Å². The molecule has 0 saturated heterocycles. The molecule has 3 aromatic rings. The van der Waals surface area contributed by atoms with Gasteiger partial charge in [-0.25, -0.2) is 4.98 Å². The third-order valence-corrected chi connectivity index (χ3v) is 5.60. The molecule has 0 saturated carbocycles. The lowest BCUT2D eigenvalue weighted by Crippen LogP contribution is -2.20. The summed E-state index contributed by atoms with van der Waals surface area (Å²) < 4.78 is 5.78. The molecule has 7 heteroatoms. The predicted octanol–water partition coefficient (Wildman–Crippen LogP) is 6.49. The molecule has 0 aliphatic carbocycles. The van der Waals surface area contributed by atoms with E-state index < -0.39 is 0 Å². The van der Waals surface area contributed by atoms with Gasteiger partial charge in [0.2, 0.25) is 0 Å². The van der Waals surface area contributed by atoms with Crippen LogP contribution in [-0.4, -0.2) is 17.5 Å². The summed E-state index contributed by atoms with van der Waals surface area (Å²) in [7, 11) is 0. The van der Waals surface area contributed by atoms with Crippen molar-refractivity contribution in [1.29, 1.82) is 0 Å². The molecule has 0 fully saturated rings. The molecule has 0 bridgehead atoms. The molecule has 0 spiro atoms. The van der Waals surface area contributed by atoms with Crippen LogP contribution in [0.1, 0.15) is 41.3 Å². The Balaban J connectivity index is 1.59. The first kappa shape index (κ1) is 21.6. The third-order valence-electron chi connectivity index (χ3n) is 4.25. The van der Waals surface area contributed by atoms with Crippen molar-refractivity contribution in [2.75, 3.05) is 11.9 Å². The number of aromatic nitrogens is 1. The molecular formula is C22H22Cl2N2O2S. The van der Waals surface area contributed by atoms with Crippen molar-refractivity contribution in [2.45, 2.75) is 33.1 Å². The van der Waals surface area contributed by atoms with E-state index >= 15 is 0 Å². The lowest BCUT2D eigenvalue weighted by atomic mass is 10.0. The Labute approximate surface area is 184 Å². The summed E-state index contributed by atoms with van der Waals surface area (Å²) >= 11 is 13.5. The minimum atomic E-state index is -0.243. The standard InChI is InChI=1S/C22H22Cl2N2O2S/c1-13(2)19-5-4-14(3)6-20(19)28-12-21(27)26-22-25-11-18(29-22)9-15-7-16(23)10-17(24)8-15/h4-8,10-11,13H,9,12H2,1-3H3,(H,25,26,27). The number of ether oxygens (including phenoxy) is 1. The molecule has 0 aliphatic heterocycles. The third kappa shape index (κ3) is 6.20. The zero-order valence-electron chi connectivity index (χ0n) is 16.5. The molecule has 0 aliphatic rings. The summed E-state index contributed by atoms with van der Waals surface area (Å²) in [5.41, 5.74) is 3.17. The number of hydrogen-bond acceptors (Lipinski definition) is 4. The molecule has 0 radical (unpaired) electrons. The number of carbonyl (C=O) groups excluding carboxylic acids is 1. The van der Waals surface area contributed by atoms with Crippen molar-refractivity contribution in [3.63, 3.8) is 0 Å². The number of thiazole rings is 1. The Hall–Kier alpha value is -2.08. The Morgan fingerprint density at radius 1 is 1.17 bits per heavy atom. The highest BCUT2D eigenvalue weighted by atomic mass is 35.5. The SMILES string of the molecule is Cc1ccc(C(C)C)c(OCC(=O)Nc2ncc(Cc3cc(Cl)cc(Cl)c3)s2)c1. The number of benzene rings is 2. The summed E-state index contributed by atoms with van der Waals surface area (Å²) in [6, 6.07) is 11.5. The molecule has 0 unspecified atom stereocenters. The molecule has 1 N–H and O–H groups in total. The molecule has 4 nitrogen and oxygen atoms in total. The second-order valence-corrected chi connectivity index (χ2v) is 9.11. The van der Waals surface area contributed by atoms with Crippen molar-refractivity contribution in [3.8, 4) is 5.75 Å². The largest absolute Gasteiger partial charge is 0.483 e. The first-order chi connectivity index (χ1) is 13.8. The van der Waals surface area contributed by atoms with E-state index in [1.54, 1.807) is 12.3 Å². The van der Waals surface area contributed by atoms with E-state index in [4.69, 9.17) is 27.9 Å².